The van der Waals surface area contributed by atoms with E-state index in [0.29, 0.717) is 18.1 Å². The Balaban J connectivity index is 1.28. The van der Waals surface area contributed by atoms with Crippen LogP contribution in [0, 0.1) is 6.92 Å². The van der Waals surface area contributed by atoms with Crippen molar-refractivity contribution in [3.63, 3.8) is 0 Å². The molecule has 4 aromatic rings. The van der Waals surface area contributed by atoms with E-state index in [2.05, 4.69) is 15.0 Å². The Morgan fingerprint density at radius 2 is 1.83 bits per heavy atom. The molecule has 2 aliphatic rings. The molecule has 3 aromatic heterocycles. The predicted octanol–water partition coefficient (Wildman–Crippen LogP) is 4.01. The number of aryl methyl sites for hydroxylation is 1. The van der Waals surface area contributed by atoms with Crippen LogP contribution in [0.1, 0.15) is 41.8 Å². The number of pyridine rings is 1. The van der Waals surface area contributed by atoms with E-state index >= 15 is 0 Å². The zero-order valence-corrected chi connectivity index (χ0v) is 20.2. The molecule has 0 N–H and O–H groups in total. The first-order chi connectivity index (χ1) is 17.4. The Bertz CT molecular complexity index is 1420. The summed E-state index contributed by atoms with van der Waals surface area (Å²) in [5.74, 6) is -0.790. The van der Waals surface area contributed by atoms with Gasteiger partial charge in [0.25, 0.3) is 0 Å². The van der Waals surface area contributed by atoms with Crippen molar-refractivity contribution in [3.05, 3.63) is 84.1 Å². The van der Waals surface area contributed by atoms with E-state index < -0.39 is 30.3 Å². The van der Waals surface area contributed by atoms with Crippen LogP contribution >= 0.6 is 0 Å². The normalized spacial score (nSPS) is 24.6. The van der Waals surface area contributed by atoms with Crippen molar-refractivity contribution in [2.75, 3.05) is 0 Å². The first kappa shape index (κ1) is 22.8. The molecule has 0 unspecified atom stereocenters. The quantitative estimate of drug-likeness (QED) is 0.377. The standard InChI is InChI=1S/C27H26N4O5/c1-16-18-12-13-31(25(18)29-15-28-16)26-24-23(35-27(2,3)36-24)22(34-26)21(32)19-10-7-11-20(30-19)33-14-17-8-5-4-6-9-17/h4-13,15,22-24,26H,14H2,1-3H3/t22-,23-,24-,26-/m1/s1. The minimum absolute atomic E-state index is 0.244. The summed E-state index contributed by atoms with van der Waals surface area (Å²) in [6.45, 7) is 5.95. The van der Waals surface area contributed by atoms with Gasteiger partial charge in [0.05, 0.1) is 5.69 Å². The van der Waals surface area contributed by atoms with E-state index in [1.807, 2.05) is 67.9 Å². The van der Waals surface area contributed by atoms with Gasteiger partial charge in [0.15, 0.2) is 18.1 Å². The summed E-state index contributed by atoms with van der Waals surface area (Å²) in [6.07, 6.45) is 0.788. The second kappa shape index (κ2) is 8.77. The maximum Gasteiger partial charge on any atom is 0.214 e. The average Bonchev–Trinajstić information content (AvgIpc) is 3.54. The topological polar surface area (TPSA) is 97.6 Å². The maximum absolute atomic E-state index is 13.6. The van der Waals surface area contributed by atoms with E-state index in [9.17, 15) is 4.79 Å². The van der Waals surface area contributed by atoms with Crippen LogP contribution in [0.4, 0.5) is 0 Å². The SMILES string of the molecule is Cc1ncnc2c1ccn2[C@@H]1O[C@H](C(=O)c2cccc(OCc3ccccc3)n2)[C@H]2OC(C)(C)O[C@H]21. The molecule has 36 heavy (non-hydrogen) atoms. The molecule has 9 nitrogen and oxygen atoms in total. The number of nitrogens with zero attached hydrogens (tertiary/aromatic N) is 4. The lowest BCUT2D eigenvalue weighted by Gasteiger charge is -2.24. The molecular formula is C27H26N4O5. The van der Waals surface area contributed by atoms with Crippen LogP contribution in [0.3, 0.4) is 0 Å². The van der Waals surface area contributed by atoms with Crippen LogP contribution in [0.5, 0.6) is 5.88 Å². The Labute approximate surface area is 208 Å². The smallest absolute Gasteiger partial charge is 0.214 e. The lowest BCUT2D eigenvalue weighted by molar-refractivity contribution is -0.190. The lowest BCUT2D eigenvalue weighted by atomic mass is 10.0. The average molecular weight is 487 g/mol. The molecule has 0 aliphatic carbocycles. The second-order valence-corrected chi connectivity index (χ2v) is 9.43. The first-order valence-electron chi connectivity index (χ1n) is 11.9. The van der Waals surface area contributed by atoms with Crippen LogP contribution in [0.15, 0.2) is 67.1 Å². The highest BCUT2D eigenvalue weighted by molar-refractivity contribution is 5.98. The van der Waals surface area contributed by atoms with Gasteiger partial charge in [-0.05, 0) is 38.5 Å². The molecule has 0 radical (unpaired) electrons. The van der Waals surface area contributed by atoms with Gasteiger partial charge < -0.3 is 23.5 Å². The zero-order valence-electron chi connectivity index (χ0n) is 20.2. The van der Waals surface area contributed by atoms with E-state index in [4.69, 9.17) is 18.9 Å². The van der Waals surface area contributed by atoms with Gasteiger partial charge in [0, 0.05) is 17.6 Å². The van der Waals surface area contributed by atoms with E-state index in [1.54, 1.807) is 18.2 Å². The van der Waals surface area contributed by atoms with Crippen molar-refractivity contribution in [2.24, 2.45) is 0 Å². The van der Waals surface area contributed by atoms with E-state index in [1.165, 1.54) is 6.33 Å². The van der Waals surface area contributed by atoms with Gasteiger partial charge in [-0.1, -0.05) is 36.4 Å². The van der Waals surface area contributed by atoms with Gasteiger partial charge in [-0.15, -0.1) is 0 Å². The zero-order chi connectivity index (χ0) is 24.9. The number of carbonyl (C=O) groups excluding carboxylic acids is 1. The van der Waals surface area contributed by atoms with Crippen molar-refractivity contribution in [1.82, 2.24) is 19.5 Å². The summed E-state index contributed by atoms with van der Waals surface area (Å²) in [7, 11) is 0. The molecule has 1 aromatic carbocycles. The van der Waals surface area contributed by atoms with Crippen molar-refractivity contribution in [1.29, 1.82) is 0 Å². The van der Waals surface area contributed by atoms with Gasteiger partial charge in [-0.25, -0.2) is 15.0 Å². The van der Waals surface area contributed by atoms with Crippen LogP contribution < -0.4 is 4.74 Å². The highest BCUT2D eigenvalue weighted by Gasteiger charge is 2.58. The summed E-state index contributed by atoms with van der Waals surface area (Å²) in [6, 6.07) is 16.9. The maximum atomic E-state index is 13.6. The minimum Gasteiger partial charge on any atom is -0.473 e. The van der Waals surface area contributed by atoms with Gasteiger partial charge in [-0.3, -0.25) is 4.79 Å². The molecule has 2 aliphatic heterocycles. The van der Waals surface area contributed by atoms with E-state index in [0.717, 1.165) is 16.6 Å². The number of hydrogen-bond donors (Lipinski definition) is 0. The Hall–Kier alpha value is -3.66. The van der Waals surface area contributed by atoms with Crippen LogP contribution in [0.2, 0.25) is 0 Å². The minimum atomic E-state index is -0.904. The predicted molar refractivity (Wildman–Crippen MR) is 129 cm³/mol. The third-order valence-corrected chi connectivity index (χ3v) is 6.48. The number of ether oxygens (including phenoxy) is 4. The fourth-order valence-electron chi connectivity index (χ4n) is 4.82. The largest absolute Gasteiger partial charge is 0.473 e. The van der Waals surface area contributed by atoms with E-state index in [-0.39, 0.29) is 11.5 Å². The molecule has 0 bridgehead atoms. The molecule has 9 heteroatoms. The van der Waals surface area contributed by atoms with Gasteiger partial charge in [0.1, 0.15) is 36.5 Å². The van der Waals surface area contributed by atoms with Crippen LogP contribution in [0.25, 0.3) is 11.0 Å². The van der Waals surface area contributed by atoms with Gasteiger partial charge >= 0.3 is 0 Å². The number of Topliss-reactive ketones (excluding diaryl/α,β-unsaturated/α-hetero) is 1. The highest BCUT2D eigenvalue weighted by atomic mass is 16.8. The fourth-order valence-corrected chi connectivity index (χ4v) is 4.82. The second-order valence-electron chi connectivity index (χ2n) is 9.43. The Morgan fingerprint density at radius 3 is 2.67 bits per heavy atom. The molecule has 0 saturated carbocycles. The third-order valence-electron chi connectivity index (χ3n) is 6.48. The Morgan fingerprint density at radius 1 is 1.03 bits per heavy atom. The highest BCUT2D eigenvalue weighted by Crippen LogP contribution is 2.44. The summed E-state index contributed by atoms with van der Waals surface area (Å²) in [5.41, 5.74) is 2.83. The number of benzene rings is 1. The van der Waals surface area contributed by atoms with Crippen molar-refractivity contribution in [2.45, 2.75) is 57.7 Å². The monoisotopic (exact) mass is 486 g/mol. The Kier molecular flexibility index (Phi) is 5.55. The molecule has 0 amide bonds. The molecular weight excluding hydrogens is 460 g/mol. The molecule has 6 rings (SSSR count). The first-order valence-corrected chi connectivity index (χ1v) is 11.9. The molecule has 0 spiro atoms. The van der Waals surface area contributed by atoms with Crippen LogP contribution in [-0.2, 0) is 20.8 Å². The summed E-state index contributed by atoms with van der Waals surface area (Å²) in [4.78, 5) is 26.8. The number of fused-ring (bicyclic) bond motifs is 2. The van der Waals surface area contributed by atoms with Gasteiger partial charge in [0.2, 0.25) is 11.7 Å². The third kappa shape index (κ3) is 4.05. The summed E-state index contributed by atoms with van der Waals surface area (Å²) >= 11 is 0. The molecule has 2 fully saturated rings. The van der Waals surface area contributed by atoms with Crippen molar-refractivity contribution in [3.8, 4) is 5.88 Å². The van der Waals surface area contributed by atoms with Gasteiger partial charge in [-0.2, -0.15) is 0 Å². The number of hydrogen-bond acceptors (Lipinski definition) is 8. The van der Waals surface area contributed by atoms with Crippen molar-refractivity contribution >= 4 is 16.8 Å². The van der Waals surface area contributed by atoms with Crippen molar-refractivity contribution < 1.29 is 23.7 Å². The summed E-state index contributed by atoms with van der Waals surface area (Å²) < 4.78 is 26.4. The molecule has 5 heterocycles. The number of aromatic nitrogens is 4. The lowest BCUT2D eigenvalue weighted by Crippen LogP contribution is -2.36. The number of ketones is 1. The number of carbonyl (C=O) groups is 1. The molecule has 4 atom stereocenters. The number of rotatable bonds is 6. The molecule has 184 valence electrons. The summed E-state index contributed by atoms with van der Waals surface area (Å²) in [5, 5.41) is 0.913. The van der Waals surface area contributed by atoms with Crippen LogP contribution in [-0.4, -0.2) is 49.4 Å². The molecule has 2 saturated heterocycles. The fraction of sp³-hybridized carbons (Fsp3) is 0.333.